The van der Waals surface area contributed by atoms with E-state index in [9.17, 15) is 0 Å². The number of hydrogen-bond acceptors (Lipinski definition) is 3. The summed E-state index contributed by atoms with van der Waals surface area (Å²) >= 11 is 0. The minimum absolute atomic E-state index is 0.113. The van der Waals surface area contributed by atoms with Gasteiger partial charge in [-0.1, -0.05) is 18.2 Å². The van der Waals surface area contributed by atoms with Gasteiger partial charge in [0, 0.05) is 26.8 Å². The Bertz CT molecular complexity index is 406. The number of rotatable bonds is 7. The van der Waals surface area contributed by atoms with Gasteiger partial charge in [0.15, 0.2) is 0 Å². The Labute approximate surface area is 116 Å². The van der Waals surface area contributed by atoms with Crippen LogP contribution in [0.15, 0.2) is 18.2 Å². The van der Waals surface area contributed by atoms with Crippen LogP contribution < -0.4 is 5.32 Å². The molecule has 19 heavy (non-hydrogen) atoms. The van der Waals surface area contributed by atoms with Crippen molar-refractivity contribution in [3.05, 3.63) is 34.9 Å². The first-order valence-corrected chi connectivity index (χ1v) is 7.11. The third-order valence-corrected chi connectivity index (χ3v) is 3.96. The fourth-order valence-corrected chi connectivity index (χ4v) is 2.68. The molecule has 1 aliphatic rings. The average Bonchev–Trinajstić information content (AvgIpc) is 2.90. The largest absolute Gasteiger partial charge is 0.382 e. The van der Waals surface area contributed by atoms with E-state index in [0.29, 0.717) is 12.6 Å². The molecule has 3 nitrogen and oxygen atoms in total. The maximum Gasteiger partial charge on any atom is 0.0928 e. The molecule has 0 bridgehead atoms. The van der Waals surface area contributed by atoms with Crippen molar-refractivity contribution in [2.45, 2.75) is 38.3 Å². The first-order valence-electron chi connectivity index (χ1n) is 7.11. The molecule has 0 aliphatic heterocycles. The summed E-state index contributed by atoms with van der Waals surface area (Å²) in [5.41, 5.74) is 4.43. The van der Waals surface area contributed by atoms with Crippen molar-refractivity contribution in [3.8, 4) is 0 Å². The van der Waals surface area contributed by atoms with Crippen molar-refractivity contribution in [1.82, 2.24) is 5.32 Å². The first kappa shape index (κ1) is 14.5. The zero-order chi connectivity index (χ0) is 13.7. The van der Waals surface area contributed by atoms with Crippen molar-refractivity contribution < 1.29 is 9.47 Å². The second kappa shape index (κ2) is 7.04. The molecule has 0 aromatic heterocycles. The van der Waals surface area contributed by atoms with Crippen LogP contribution in [-0.2, 0) is 22.3 Å². The van der Waals surface area contributed by atoms with Crippen LogP contribution in [0.1, 0.15) is 36.1 Å². The van der Waals surface area contributed by atoms with E-state index in [4.69, 9.17) is 9.47 Å². The Kier molecular flexibility index (Phi) is 5.37. The van der Waals surface area contributed by atoms with Gasteiger partial charge in [-0.25, -0.2) is 0 Å². The van der Waals surface area contributed by atoms with Crippen LogP contribution in [0.25, 0.3) is 0 Å². The van der Waals surface area contributed by atoms with Crippen LogP contribution in [0.4, 0.5) is 0 Å². The van der Waals surface area contributed by atoms with Crippen molar-refractivity contribution in [2.75, 3.05) is 27.4 Å². The standard InChI is InChI=1S/C16H25NO2/c1-12(17-10-16(19-3)11-18-2)14-8-7-13-5-4-6-15(13)9-14/h7-9,12,16-17H,4-6,10-11H2,1-3H3. The number of methoxy groups -OCH3 is 2. The quantitative estimate of drug-likeness (QED) is 0.820. The minimum Gasteiger partial charge on any atom is -0.382 e. The Hall–Kier alpha value is -0.900. The molecule has 1 aliphatic carbocycles. The molecule has 0 amide bonds. The SMILES string of the molecule is COCC(CNC(C)c1ccc2c(c1)CCC2)OC. The number of benzene rings is 1. The van der Waals surface area contributed by atoms with Gasteiger partial charge in [-0.05, 0) is 42.9 Å². The highest BCUT2D eigenvalue weighted by atomic mass is 16.5. The van der Waals surface area contributed by atoms with Gasteiger partial charge < -0.3 is 14.8 Å². The van der Waals surface area contributed by atoms with Gasteiger partial charge >= 0.3 is 0 Å². The van der Waals surface area contributed by atoms with Crippen LogP contribution in [-0.4, -0.2) is 33.5 Å². The summed E-state index contributed by atoms with van der Waals surface area (Å²) in [5.74, 6) is 0. The molecule has 2 atom stereocenters. The van der Waals surface area contributed by atoms with Crippen molar-refractivity contribution in [3.63, 3.8) is 0 Å². The summed E-state index contributed by atoms with van der Waals surface area (Å²) in [6.45, 7) is 3.64. The first-order chi connectivity index (χ1) is 9.24. The third kappa shape index (κ3) is 3.78. The zero-order valence-corrected chi connectivity index (χ0v) is 12.2. The average molecular weight is 263 g/mol. The minimum atomic E-state index is 0.113. The van der Waals surface area contributed by atoms with E-state index in [0.717, 1.165) is 6.54 Å². The lowest BCUT2D eigenvalue weighted by Crippen LogP contribution is -2.33. The second-order valence-corrected chi connectivity index (χ2v) is 5.32. The summed E-state index contributed by atoms with van der Waals surface area (Å²) in [5, 5.41) is 3.52. The van der Waals surface area contributed by atoms with Gasteiger partial charge in [0.25, 0.3) is 0 Å². The Morgan fingerprint density at radius 1 is 1.21 bits per heavy atom. The molecule has 0 radical (unpaired) electrons. The molecule has 1 N–H and O–H groups in total. The van der Waals surface area contributed by atoms with Gasteiger partial charge in [-0.3, -0.25) is 0 Å². The zero-order valence-electron chi connectivity index (χ0n) is 12.2. The van der Waals surface area contributed by atoms with Crippen molar-refractivity contribution >= 4 is 0 Å². The molecule has 2 rings (SSSR count). The molecule has 106 valence electrons. The van der Waals surface area contributed by atoms with Crippen molar-refractivity contribution in [1.29, 1.82) is 0 Å². The smallest absolute Gasteiger partial charge is 0.0928 e. The maximum atomic E-state index is 5.36. The molecule has 2 unspecified atom stereocenters. The normalized spacial score (nSPS) is 17.2. The summed E-state index contributed by atoms with van der Waals surface area (Å²) in [6.07, 6.45) is 3.90. The van der Waals surface area contributed by atoms with E-state index < -0.39 is 0 Å². The van der Waals surface area contributed by atoms with Gasteiger partial charge in [-0.15, -0.1) is 0 Å². The van der Waals surface area contributed by atoms with Gasteiger partial charge in [0.1, 0.15) is 0 Å². The molecule has 0 heterocycles. The predicted octanol–water partition coefficient (Wildman–Crippen LogP) is 2.49. The van der Waals surface area contributed by atoms with Crippen LogP contribution >= 0.6 is 0 Å². The van der Waals surface area contributed by atoms with E-state index >= 15 is 0 Å². The number of aryl methyl sites for hydroxylation is 2. The maximum absolute atomic E-state index is 5.36. The third-order valence-electron chi connectivity index (χ3n) is 3.96. The molecule has 3 heteroatoms. The lowest BCUT2D eigenvalue weighted by Gasteiger charge is -2.20. The topological polar surface area (TPSA) is 30.5 Å². The Morgan fingerprint density at radius 3 is 2.74 bits per heavy atom. The highest BCUT2D eigenvalue weighted by molar-refractivity contribution is 5.36. The monoisotopic (exact) mass is 263 g/mol. The van der Waals surface area contributed by atoms with Gasteiger partial charge in [0.2, 0.25) is 0 Å². The van der Waals surface area contributed by atoms with Crippen LogP contribution in [0.2, 0.25) is 0 Å². The second-order valence-electron chi connectivity index (χ2n) is 5.32. The molecular formula is C16H25NO2. The summed E-state index contributed by atoms with van der Waals surface area (Å²) in [7, 11) is 3.43. The molecule has 0 saturated carbocycles. The van der Waals surface area contributed by atoms with Crippen LogP contribution in [0.5, 0.6) is 0 Å². The fourth-order valence-electron chi connectivity index (χ4n) is 2.68. The molecule has 0 saturated heterocycles. The lowest BCUT2D eigenvalue weighted by molar-refractivity contribution is 0.0276. The number of ether oxygens (including phenoxy) is 2. The van der Waals surface area contributed by atoms with E-state index in [2.05, 4.69) is 30.4 Å². The van der Waals surface area contributed by atoms with E-state index in [1.54, 1.807) is 14.2 Å². The van der Waals surface area contributed by atoms with Crippen LogP contribution in [0.3, 0.4) is 0 Å². The number of hydrogen-bond donors (Lipinski definition) is 1. The Morgan fingerprint density at radius 2 is 2.00 bits per heavy atom. The lowest BCUT2D eigenvalue weighted by atomic mass is 10.0. The molecule has 0 spiro atoms. The Balaban J connectivity index is 1.90. The van der Waals surface area contributed by atoms with E-state index in [-0.39, 0.29) is 6.10 Å². The van der Waals surface area contributed by atoms with E-state index in [1.165, 1.54) is 36.0 Å². The summed E-state index contributed by atoms with van der Waals surface area (Å²) < 4.78 is 10.5. The van der Waals surface area contributed by atoms with Gasteiger partial charge in [0.05, 0.1) is 12.7 Å². The van der Waals surface area contributed by atoms with Crippen LogP contribution in [0, 0.1) is 0 Å². The molecule has 1 aromatic carbocycles. The summed E-state index contributed by atoms with van der Waals surface area (Å²) in [4.78, 5) is 0. The molecular weight excluding hydrogens is 238 g/mol. The summed E-state index contributed by atoms with van der Waals surface area (Å²) in [6, 6.07) is 7.25. The number of nitrogens with one attached hydrogen (secondary N) is 1. The van der Waals surface area contributed by atoms with Gasteiger partial charge in [-0.2, -0.15) is 0 Å². The predicted molar refractivity (Wildman–Crippen MR) is 77.6 cm³/mol. The fraction of sp³-hybridized carbons (Fsp3) is 0.625. The van der Waals surface area contributed by atoms with Crippen molar-refractivity contribution in [2.24, 2.45) is 0 Å². The molecule has 0 fully saturated rings. The number of fused-ring (bicyclic) bond motifs is 1. The molecule has 1 aromatic rings. The van der Waals surface area contributed by atoms with E-state index in [1.807, 2.05) is 0 Å². The highest BCUT2D eigenvalue weighted by Crippen LogP contribution is 2.25. The highest BCUT2D eigenvalue weighted by Gasteiger charge is 2.14.